The molecule has 0 aliphatic carbocycles. The fourth-order valence-electron chi connectivity index (χ4n) is 1.77. The second kappa shape index (κ2) is 3.33. The van der Waals surface area contributed by atoms with Crippen molar-refractivity contribution in [2.24, 2.45) is 0 Å². The molecule has 0 unspecified atom stereocenters. The normalized spacial score (nSPS) is 11.0. The number of anilines is 1. The highest BCUT2D eigenvalue weighted by atomic mass is 15.1. The van der Waals surface area contributed by atoms with Crippen LogP contribution in [0, 0.1) is 6.92 Å². The monoisotopic (exact) mass is 189 g/mol. The summed E-state index contributed by atoms with van der Waals surface area (Å²) in [7, 11) is 0. The summed E-state index contributed by atoms with van der Waals surface area (Å²) in [6.07, 6.45) is 1.11. The fourth-order valence-corrected chi connectivity index (χ4v) is 1.77. The zero-order valence-corrected chi connectivity index (χ0v) is 8.62. The molecule has 0 saturated heterocycles. The topological polar surface area (TPSA) is 43.8 Å². The molecule has 1 heterocycles. The third-order valence-electron chi connectivity index (χ3n) is 2.41. The highest BCUT2D eigenvalue weighted by Gasteiger charge is 2.05. The van der Waals surface area contributed by atoms with E-state index in [1.165, 1.54) is 0 Å². The van der Waals surface area contributed by atoms with Crippen molar-refractivity contribution in [1.29, 1.82) is 0 Å². The molecular weight excluding hydrogens is 174 g/mol. The maximum atomic E-state index is 5.76. The van der Waals surface area contributed by atoms with Gasteiger partial charge in [0.25, 0.3) is 0 Å². The van der Waals surface area contributed by atoms with Crippen LogP contribution in [-0.2, 0) is 6.54 Å². The predicted molar refractivity (Wildman–Crippen MR) is 59.2 cm³/mol. The van der Waals surface area contributed by atoms with Gasteiger partial charge in [0, 0.05) is 12.2 Å². The predicted octanol–water partition coefficient (Wildman–Crippen LogP) is 2.34. The van der Waals surface area contributed by atoms with Crippen LogP contribution in [0.15, 0.2) is 18.2 Å². The van der Waals surface area contributed by atoms with E-state index in [1.807, 2.05) is 25.1 Å². The molecule has 2 N–H and O–H groups in total. The van der Waals surface area contributed by atoms with Crippen molar-refractivity contribution < 1.29 is 0 Å². The second-order valence-electron chi connectivity index (χ2n) is 3.56. The van der Waals surface area contributed by atoms with Gasteiger partial charge in [0.15, 0.2) is 0 Å². The van der Waals surface area contributed by atoms with Crippen molar-refractivity contribution in [1.82, 2.24) is 9.55 Å². The number of imidazole rings is 1. The number of aryl methyl sites for hydroxylation is 2. The SMILES string of the molecule is CCCn1c(C)nc2ccc(N)cc21. The smallest absolute Gasteiger partial charge is 0.106 e. The number of hydrogen-bond donors (Lipinski definition) is 1. The first-order chi connectivity index (χ1) is 6.72. The van der Waals surface area contributed by atoms with E-state index >= 15 is 0 Å². The fraction of sp³-hybridized carbons (Fsp3) is 0.364. The van der Waals surface area contributed by atoms with E-state index in [2.05, 4.69) is 16.5 Å². The largest absolute Gasteiger partial charge is 0.399 e. The molecule has 3 heteroatoms. The number of benzene rings is 1. The summed E-state index contributed by atoms with van der Waals surface area (Å²) in [5.74, 6) is 1.06. The van der Waals surface area contributed by atoms with Crippen LogP contribution in [0.4, 0.5) is 5.69 Å². The molecule has 0 radical (unpaired) electrons. The Kier molecular flexibility index (Phi) is 2.15. The van der Waals surface area contributed by atoms with Gasteiger partial charge < -0.3 is 10.3 Å². The summed E-state index contributed by atoms with van der Waals surface area (Å²) >= 11 is 0. The lowest BCUT2D eigenvalue weighted by molar-refractivity contribution is 0.676. The van der Waals surface area contributed by atoms with Crippen molar-refractivity contribution in [2.45, 2.75) is 26.8 Å². The first kappa shape index (κ1) is 9.06. The Bertz CT molecular complexity index is 457. The standard InChI is InChI=1S/C11H15N3/c1-3-6-14-8(2)13-10-5-4-9(12)7-11(10)14/h4-5,7H,3,6,12H2,1-2H3. The summed E-state index contributed by atoms with van der Waals surface area (Å²) in [4.78, 5) is 4.48. The maximum Gasteiger partial charge on any atom is 0.106 e. The number of fused-ring (bicyclic) bond motifs is 1. The van der Waals surface area contributed by atoms with E-state index in [1.54, 1.807) is 0 Å². The quantitative estimate of drug-likeness (QED) is 0.737. The molecule has 2 aromatic rings. The van der Waals surface area contributed by atoms with Crippen LogP contribution in [0.5, 0.6) is 0 Å². The zero-order chi connectivity index (χ0) is 10.1. The number of nitrogen functional groups attached to an aromatic ring is 1. The van der Waals surface area contributed by atoms with Gasteiger partial charge in [-0.15, -0.1) is 0 Å². The van der Waals surface area contributed by atoms with Gasteiger partial charge in [-0.05, 0) is 31.5 Å². The number of rotatable bonds is 2. The van der Waals surface area contributed by atoms with Gasteiger partial charge in [-0.25, -0.2) is 4.98 Å². The minimum absolute atomic E-state index is 0.801. The molecule has 0 spiro atoms. The van der Waals surface area contributed by atoms with Crippen LogP contribution in [-0.4, -0.2) is 9.55 Å². The minimum Gasteiger partial charge on any atom is -0.399 e. The van der Waals surface area contributed by atoms with Gasteiger partial charge >= 0.3 is 0 Å². The van der Waals surface area contributed by atoms with E-state index in [0.717, 1.165) is 35.5 Å². The molecule has 0 aliphatic heterocycles. The molecule has 3 nitrogen and oxygen atoms in total. The summed E-state index contributed by atoms with van der Waals surface area (Å²) in [6, 6.07) is 5.86. The third-order valence-corrected chi connectivity index (χ3v) is 2.41. The molecule has 0 amide bonds. The van der Waals surface area contributed by atoms with E-state index in [4.69, 9.17) is 5.73 Å². The molecule has 0 bridgehead atoms. The maximum absolute atomic E-state index is 5.76. The van der Waals surface area contributed by atoms with Crippen molar-refractivity contribution in [3.63, 3.8) is 0 Å². The van der Waals surface area contributed by atoms with Gasteiger partial charge in [0.2, 0.25) is 0 Å². The lowest BCUT2D eigenvalue weighted by atomic mass is 10.3. The van der Waals surface area contributed by atoms with Crippen molar-refractivity contribution in [2.75, 3.05) is 5.73 Å². The summed E-state index contributed by atoms with van der Waals surface area (Å²) in [5.41, 5.74) is 8.73. The van der Waals surface area contributed by atoms with Crippen LogP contribution >= 0.6 is 0 Å². The Morgan fingerprint density at radius 1 is 1.43 bits per heavy atom. The summed E-state index contributed by atoms with van der Waals surface area (Å²) < 4.78 is 2.21. The van der Waals surface area contributed by atoms with Crippen LogP contribution < -0.4 is 5.73 Å². The number of hydrogen-bond acceptors (Lipinski definition) is 2. The van der Waals surface area contributed by atoms with Gasteiger partial charge in [-0.3, -0.25) is 0 Å². The summed E-state index contributed by atoms with van der Waals surface area (Å²) in [6.45, 7) is 5.20. The van der Waals surface area contributed by atoms with Gasteiger partial charge in [-0.2, -0.15) is 0 Å². The highest BCUT2D eigenvalue weighted by Crippen LogP contribution is 2.18. The summed E-state index contributed by atoms with van der Waals surface area (Å²) in [5, 5.41) is 0. The molecule has 74 valence electrons. The Morgan fingerprint density at radius 2 is 2.21 bits per heavy atom. The first-order valence-corrected chi connectivity index (χ1v) is 4.94. The van der Waals surface area contributed by atoms with E-state index in [9.17, 15) is 0 Å². The Labute approximate surface area is 83.6 Å². The molecular formula is C11H15N3. The molecule has 1 aromatic carbocycles. The van der Waals surface area contributed by atoms with E-state index in [0.29, 0.717) is 0 Å². The average molecular weight is 189 g/mol. The van der Waals surface area contributed by atoms with E-state index in [-0.39, 0.29) is 0 Å². The van der Waals surface area contributed by atoms with Gasteiger partial charge in [-0.1, -0.05) is 6.92 Å². The van der Waals surface area contributed by atoms with Crippen molar-refractivity contribution >= 4 is 16.7 Å². The van der Waals surface area contributed by atoms with Crippen LogP contribution in [0.2, 0.25) is 0 Å². The third kappa shape index (κ3) is 1.35. The van der Waals surface area contributed by atoms with Gasteiger partial charge in [0.05, 0.1) is 11.0 Å². The lowest BCUT2D eigenvalue weighted by Crippen LogP contribution is -1.99. The molecule has 0 aliphatic rings. The second-order valence-corrected chi connectivity index (χ2v) is 3.56. The van der Waals surface area contributed by atoms with Crippen molar-refractivity contribution in [3.8, 4) is 0 Å². The zero-order valence-electron chi connectivity index (χ0n) is 8.62. The molecule has 14 heavy (non-hydrogen) atoms. The molecule has 0 atom stereocenters. The minimum atomic E-state index is 0.801. The first-order valence-electron chi connectivity index (χ1n) is 4.94. The molecule has 0 fully saturated rings. The number of nitrogens with zero attached hydrogens (tertiary/aromatic N) is 2. The van der Waals surface area contributed by atoms with Crippen LogP contribution in [0.25, 0.3) is 11.0 Å². The average Bonchev–Trinajstić information content (AvgIpc) is 2.45. The Hall–Kier alpha value is -1.51. The van der Waals surface area contributed by atoms with E-state index < -0.39 is 0 Å². The number of aromatic nitrogens is 2. The van der Waals surface area contributed by atoms with Crippen LogP contribution in [0.3, 0.4) is 0 Å². The van der Waals surface area contributed by atoms with Gasteiger partial charge in [0.1, 0.15) is 5.82 Å². The molecule has 0 saturated carbocycles. The Morgan fingerprint density at radius 3 is 2.93 bits per heavy atom. The van der Waals surface area contributed by atoms with Crippen molar-refractivity contribution in [3.05, 3.63) is 24.0 Å². The number of nitrogens with two attached hydrogens (primary N) is 1. The Balaban J connectivity index is 2.66. The molecule has 2 rings (SSSR count). The molecule has 1 aromatic heterocycles. The highest BCUT2D eigenvalue weighted by molar-refractivity contribution is 5.79. The van der Waals surface area contributed by atoms with Crippen LogP contribution in [0.1, 0.15) is 19.2 Å². The lowest BCUT2D eigenvalue weighted by Gasteiger charge is -2.04.